The lowest BCUT2D eigenvalue weighted by molar-refractivity contribution is -0.204. The highest BCUT2D eigenvalue weighted by Gasteiger charge is 2.43. The molecule has 2 aliphatic heterocycles. The maximum atomic E-state index is 13.5. The van der Waals surface area contributed by atoms with Gasteiger partial charge in [0.15, 0.2) is 0 Å². The number of fused-ring (bicyclic) bond motifs is 1. The molecule has 0 aliphatic carbocycles. The summed E-state index contributed by atoms with van der Waals surface area (Å²) in [5.74, 6) is -1.79. The number of likely N-dealkylation sites (N-methyl/N-ethyl adjacent to an activating group) is 1. The van der Waals surface area contributed by atoms with Crippen molar-refractivity contribution in [2.24, 2.45) is 0 Å². The Morgan fingerprint density at radius 2 is 2.05 bits per heavy atom. The maximum absolute atomic E-state index is 13.5. The maximum Gasteiger partial charge on any atom is 0.490 e. The van der Waals surface area contributed by atoms with Gasteiger partial charge in [0.25, 0.3) is 0 Å². The number of H-pyrrole nitrogens is 1. The van der Waals surface area contributed by atoms with Crippen LogP contribution in [0, 0.1) is 0 Å². The van der Waals surface area contributed by atoms with Crippen molar-refractivity contribution in [3.05, 3.63) is 71.5 Å². The van der Waals surface area contributed by atoms with Crippen molar-refractivity contribution in [2.75, 3.05) is 32.0 Å². The SMILES string of the molecule is CN(C(=O)Cc1ccc2c(c1)NC(=O)C2)[C@H](CN1CC[C@H](OC(=O)C(F)(F)F)C1)c1cccc(-c2ncc[nH]2)c1. The molecule has 0 bridgehead atoms. The molecule has 0 radical (unpaired) electrons. The van der Waals surface area contributed by atoms with E-state index in [9.17, 15) is 27.6 Å². The van der Waals surface area contributed by atoms with Gasteiger partial charge in [-0.05, 0) is 35.2 Å². The smallest absolute Gasteiger partial charge is 0.454 e. The average molecular weight is 556 g/mol. The summed E-state index contributed by atoms with van der Waals surface area (Å²) in [6.45, 7) is 0.865. The summed E-state index contributed by atoms with van der Waals surface area (Å²) in [6, 6.07) is 12.6. The highest BCUT2D eigenvalue weighted by molar-refractivity contribution is 5.99. The Morgan fingerprint density at radius 1 is 1.23 bits per heavy atom. The Balaban J connectivity index is 1.34. The number of esters is 1. The number of hydrogen-bond acceptors (Lipinski definition) is 6. The van der Waals surface area contributed by atoms with Crippen LogP contribution >= 0.6 is 0 Å². The molecule has 210 valence electrons. The van der Waals surface area contributed by atoms with Gasteiger partial charge in [0.2, 0.25) is 11.8 Å². The molecule has 0 unspecified atom stereocenters. The number of nitrogens with one attached hydrogen (secondary N) is 2. The van der Waals surface area contributed by atoms with E-state index in [1.807, 2.05) is 41.3 Å². The van der Waals surface area contributed by atoms with Crippen molar-refractivity contribution in [2.45, 2.75) is 37.6 Å². The molecule has 3 aromatic rings. The minimum Gasteiger partial charge on any atom is -0.454 e. The number of imidazole rings is 1. The van der Waals surface area contributed by atoms with E-state index in [1.54, 1.807) is 30.4 Å². The molecule has 5 rings (SSSR count). The number of ether oxygens (including phenoxy) is 1. The van der Waals surface area contributed by atoms with Gasteiger partial charge in [-0.25, -0.2) is 9.78 Å². The number of carbonyl (C=O) groups is 3. The summed E-state index contributed by atoms with van der Waals surface area (Å²) in [7, 11) is 1.69. The molecule has 12 heteroatoms. The van der Waals surface area contributed by atoms with Crippen LogP contribution in [0.5, 0.6) is 0 Å². The molecular formula is C28H28F3N5O4. The summed E-state index contributed by atoms with van der Waals surface area (Å²) < 4.78 is 42.7. The quantitative estimate of drug-likeness (QED) is 0.412. The number of rotatable bonds is 8. The van der Waals surface area contributed by atoms with Crippen LogP contribution in [0.2, 0.25) is 0 Å². The second-order valence-corrected chi connectivity index (χ2v) is 10.1. The van der Waals surface area contributed by atoms with E-state index in [0.717, 1.165) is 22.3 Å². The molecule has 9 nitrogen and oxygen atoms in total. The van der Waals surface area contributed by atoms with Gasteiger partial charge in [-0.3, -0.25) is 14.5 Å². The van der Waals surface area contributed by atoms with E-state index in [4.69, 9.17) is 0 Å². The first-order chi connectivity index (χ1) is 19.1. The van der Waals surface area contributed by atoms with Gasteiger partial charge in [0, 0.05) is 50.3 Å². The third-order valence-electron chi connectivity index (χ3n) is 7.22. The van der Waals surface area contributed by atoms with Crippen LogP contribution in [0.15, 0.2) is 54.9 Å². The molecule has 0 spiro atoms. The highest BCUT2D eigenvalue weighted by Crippen LogP contribution is 2.29. The number of hydrogen-bond donors (Lipinski definition) is 2. The van der Waals surface area contributed by atoms with Gasteiger partial charge in [-0.15, -0.1) is 0 Å². The Hall–Kier alpha value is -4.19. The number of halogens is 3. The largest absolute Gasteiger partial charge is 0.490 e. The van der Waals surface area contributed by atoms with Crippen LogP contribution in [0.3, 0.4) is 0 Å². The summed E-state index contributed by atoms with van der Waals surface area (Å²) in [4.78, 5) is 47.4. The average Bonchev–Trinajstić information content (AvgIpc) is 3.67. The normalized spacial score (nSPS) is 17.8. The second-order valence-electron chi connectivity index (χ2n) is 10.1. The predicted octanol–water partition coefficient (Wildman–Crippen LogP) is 3.49. The third kappa shape index (κ3) is 6.17. The second kappa shape index (κ2) is 11.1. The topological polar surface area (TPSA) is 108 Å². The van der Waals surface area contributed by atoms with Gasteiger partial charge in [-0.1, -0.05) is 30.3 Å². The monoisotopic (exact) mass is 555 g/mol. The van der Waals surface area contributed by atoms with Crippen LogP contribution < -0.4 is 5.32 Å². The first-order valence-electron chi connectivity index (χ1n) is 12.8. The Morgan fingerprint density at radius 3 is 2.80 bits per heavy atom. The fraction of sp³-hybridized carbons (Fsp3) is 0.357. The van der Waals surface area contributed by atoms with E-state index in [2.05, 4.69) is 20.0 Å². The fourth-order valence-corrected chi connectivity index (χ4v) is 5.13. The zero-order valence-electron chi connectivity index (χ0n) is 21.7. The number of benzene rings is 2. The number of aromatic amines is 1. The molecule has 2 aliphatic rings. The van der Waals surface area contributed by atoms with Crippen molar-refractivity contribution in [1.82, 2.24) is 19.8 Å². The van der Waals surface area contributed by atoms with Crippen molar-refractivity contribution in [3.8, 4) is 11.4 Å². The third-order valence-corrected chi connectivity index (χ3v) is 7.22. The lowest BCUT2D eigenvalue weighted by Crippen LogP contribution is -2.40. The van der Waals surface area contributed by atoms with Gasteiger partial charge in [-0.2, -0.15) is 13.2 Å². The molecular weight excluding hydrogens is 527 g/mol. The van der Waals surface area contributed by atoms with Crippen molar-refractivity contribution in [1.29, 1.82) is 0 Å². The van der Waals surface area contributed by atoms with Crippen LogP contribution in [0.25, 0.3) is 11.4 Å². The number of amides is 2. The summed E-state index contributed by atoms with van der Waals surface area (Å²) in [6.07, 6.45) is -1.91. The summed E-state index contributed by atoms with van der Waals surface area (Å²) >= 11 is 0. The van der Waals surface area contributed by atoms with Crippen LogP contribution in [-0.2, 0) is 32.0 Å². The number of likely N-dealkylation sites (tertiary alicyclic amines) is 1. The predicted molar refractivity (Wildman–Crippen MR) is 139 cm³/mol. The summed E-state index contributed by atoms with van der Waals surface area (Å²) in [5.41, 5.74) is 3.98. The first-order valence-corrected chi connectivity index (χ1v) is 12.8. The van der Waals surface area contributed by atoms with Crippen LogP contribution in [-0.4, -0.2) is 76.5 Å². The van der Waals surface area contributed by atoms with Crippen molar-refractivity contribution in [3.63, 3.8) is 0 Å². The standard InChI is InChI=1S/C28H28F3N5O4/c1-35(25(38)12-17-5-6-18-14-24(37)34-22(18)11-17)23(19-3-2-4-20(13-19)26-32-8-9-33-26)16-36-10-7-21(15-36)40-27(39)28(29,30)31/h2-6,8-9,11,13,21,23H,7,10,12,14-16H2,1H3,(H,32,33)(H,34,37)/t21-,23+/m0/s1. The molecule has 2 amide bonds. The van der Waals surface area contributed by atoms with Gasteiger partial charge < -0.3 is 19.9 Å². The number of aromatic nitrogens is 2. The molecule has 0 saturated carbocycles. The number of nitrogens with zero attached hydrogens (tertiary/aromatic N) is 3. The number of alkyl halides is 3. The van der Waals surface area contributed by atoms with Crippen molar-refractivity contribution < 1.29 is 32.3 Å². The molecule has 1 fully saturated rings. The molecule has 2 aromatic carbocycles. The van der Waals surface area contributed by atoms with E-state index < -0.39 is 24.3 Å². The fourth-order valence-electron chi connectivity index (χ4n) is 5.13. The molecule has 3 heterocycles. The highest BCUT2D eigenvalue weighted by atomic mass is 19.4. The van der Waals surface area contributed by atoms with Crippen LogP contribution in [0.1, 0.15) is 29.2 Å². The molecule has 40 heavy (non-hydrogen) atoms. The van der Waals surface area contributed by atoms with E-state index in [0.29, 0.717) is 31.0 Å². The minimum absolute atomic E-state index is 0.0862. The first kappa shape index (κ1) is 27.4. The van der Waals surface area contributed by atoms with Gasteiger partial charge in [0.1, 0.15) is 11.9 Å². The lowest BCUT2D eigenvalue weighted by atomic mass is 10.0. The Labute approximate surface area is 228 Å². The Bertz CT molecular complexity index is 1410. The number of carbonyl (C=O) groups excluding carboxylic acids is 3. The van der Waals surface area contributed by atoms with Crippen LogP contribution in [0.4, 0.5) is 18.9 Å². The molecule has 2 N–H and O–H groups in total. The molecule has 1 aromatic heterocycles. The van der Waals surface area contributed by atoms with E-state index in [1.165, 1.54) is 0 Å². The molecule has 2 atom stereocenters. The molecule has 1 saturated heterocycles. The lowest BCUT2D eigenvalue weighted by Gasteiger charge is -2.32. The summed E-state index contributed by atoms with van der Waals surface area (Å²) in [5, 5.41) is 2.80. The Kier molecular flexibility index (Phi) is 7.61. The van der Waals surface area contributed by atoms with Gasteiger partial charge >= 0.3 is 12.1 Å². The number of anilines is 1. The van der Waals surface area contributed by atoms with E-state index in [-0.39, 0.29) is 31.2 Å². The zero-order chi connectivity index (χ0) is 28.4. The zero-order valence-corrected chi connectivity index (χ0v) is 21.7. The van der Waals surface area contributed by atoms with Gasteiger partial charge in [0.05, 0.1) is 18.9 Å². The minimum atomic E-state index is -5.05. The van der Waals surface area contributed by atoms with Crippen molar-refractivity contribution >= 4 is 23.5 Å². The van der Waals surface area contributed by atoms with E-state index >= 15 is 0 Å².